The minimum absolute atomic E-state index is 0.420. The van der Waals surface area contributed by atoms with Gasteiger partial charge in [0.2, 0.25) is 5.91 Å². The van der Waals surface area contributed by atoms with Crippen molar-refractivity contribution in [3.63, 3.8) is 0 Å². The van der Waals surface area contributed by atoms with Gasteiger partial charge in [0, 0.05) is 0 Å². The Kier molecular flexibility index (Phi) is 3.01. The Balaban J connectivity index is 3.63. The quantitative estimate of drug-likeness (QED) is 0.537. The molecule has 9 heavy (non-hydrogen) atoms. The lowest BCUT2D eigenvalue weighted by atomic mass is 10.3. The van der Waals surface area contributed by atoms with Crippen molar-refractivity contribution in [3.8, 4) is 0 Å². The van der Waals surface area contributed by atoms with Crippen molar-refractivity contribution in [3.05, 3.63) is 0 Å². The number of carboxylic acid groups (broad SMARTS) is 1. The normalized spacial score (nSPS) is 12.6. The van der Waals surface area contributed by atoms with Crippen molar-refractivity contribution in [2.75, 3.05) is 0 Å². The standard InChI is InChI=1S/C4H6ClNO3/c5-2(4(6)9)1-3(7)8/h2H,1H2,(H2,6,9)(H,7,8). The first-order chi connectivity index (χ1) is 4.04. The van der Waals surface area contributed by atoms with E-state index in [1.165, 1.54) is 0 Å². The Hall–Kier alpha value is -0.770. The molecular formula is C4H6ClNO3. The number of rotatable bonds is 3. The van der Waals surface area contributed by atoms with Crippen LogP contribution in [0.4, 0.5) is 0 Å². The molecule has 0 heterocycles. The van der Waals surface area contributed by atoms with Crippen LogP contribution in [0.15, 0.2) is 0 Å². The second-order valence-electron chi connectivity index (χ2n) is 1.47. The average molecular weight is 152 g/mol. The molecule has 0 aliphatic carbocycles. The zero-order valence-corrected chi connectivity index (χ0v) is 5.26. The number of nitrogens with two attached hydrogens (primary N) is 1. The number of carbonyl (C=O) groups excluding carboxylic acids is 1. The summed E-state index contributed by atoms with van der Waals surface area (Å²) >= 11 is 5.16. The molecular weight excluding hydrogens is 146 g/mol. The summed E-state index contributed by atoms with van der Waals surface area (Å²) in [6, 6.07) is 0. The largest absolute Gasteiger partial charge is 0.481 e. The van der Waals surface area contributed by atoms with Crippen LogP contribution in [0.2, 0.25) is 0 Å². The molecule has 0 spiro atoms. The van der Waals surface area contributed by atoms with Gasteiger partial charge in [0.05, 0.1) is 6.42 Å². The van der Waals surface area contributed by atoms with E-state index in [4.69, 9.17) is 16.7 Å². The highest BCUT2D eigenvalue weighted by Gasteiger charge is 2.14. The number of halogens is 1. The van der Waals surface area contributed by atoms with Crippen molar-refractivity contribution in [2.45, 2.75) is 11.8 Å². The molecule has 1 atom stereocenters. The van der Waals surface area contributed by atoms with Crippen molar-refractivity contribution in [1.82, 2.24) is 0 Å². The molecule has 52 valence electrons. The number of alkyl halides is 1. The minimum atomic E-state index is -1.13. The second-order valence-corrected chi connectivity index (χ2v) is 1.99. The van der Waals surface area contributed by atoms with E-state index < -0.39 is 23.7 Å². The molecule has 0 fully saturated rings. The fourth-order valence-electron chi connectivity index (χ4n) is 0.254. The molecule has 0 bridgehead atoms. The number of amides is 1. The van der Waals surface area contributed by atoms with Crippen LogP contribution in [-0.4, -0.2) is 22.4 Å². The highest BCUT2D eigenvalue weighted by Crippen LogP contribution is 1.99. The van der Waals surface area contributed by atoms with Gasteiger partial charge in [0.1, 0.15) is 5.38 Å². The van der Waals surface area contributed by atoms with E-state index in [2.05, 4.69) is 5.73 Å². The van der Waals surface area contributed by atoms with E-state index in [0.29, 0.717) is 0 Å². The molecule has 1 unspecified atom stereocenters. The van der Waals surface area contributed by atoms with E-state index in [9.17, 15) is 9.59 Å². The number of primary amides is 1. The molecule has 0 aliphatic rings. The SMILES string of the molecule is NC(=O)C(Cl)CC(=O)O. The molecule has 5 heteroatoms. The lowest BCUT2D eigenvalue weighted by Crippen LogP contribution is -2.25. The van der Waals surface area contributed by atoms with Gasteiger partial charge in [0.25, 0.3) is 0 Å². The molecule has 0 rings (SSSR count). The molecule has 0 aromatic rings. The zero-order chi connectivity index (χ0) is 7.44. The van der Waals surface area contributed by atoms with Crippen LogP contribution < -0.4 is 5.73 Å². The van der Waals surface area contributed by atoms with Gasteiger partial charge in [0.15, 0.2) is 0 Å². The van der Waals surface area contributed by atoms with Gasteiger partial charge >= 0.3 is 5.97 Å². The van der Waals surface area contributed by atoms with Gasteiger partial charge < -0.3 is 10.8 Å². The third-order valence-electron chi connectivity index (χ3n) is 0.663. The Morgan fingerprint density at radius 1 is 1.67 bits per heavy atom. The number of hydrogen-bond acceptors (Lipinski definition) is 2. The number of hydrogen-bond donors (Lipinski definition) is 2. The summed E-state index contributed by atoms with van der Waals surface area (Å²) < 4.78 is 0. The molecule has 0 radical (unpaired) electrons. The van der Waals surface area contributed by atoms with Crippen LogP contribution in [0, 0.1) is 0 Å². The number of carbonyl (C=O) groups is 2. The highest BCUT2D eigenvalue weighted by molar-refractivity contribution is 6.31. The highest BCUT2D eigenvalue weighted by atomic mass is 35.5. The molecule has 4 nitrogen and oxygen atoms in total. The number of aliphatic carboxylic acids is 1. The molecule has 0 saturated heterocycles. The fourth-order valence-corrected chi connectivity index (χ4v) is 0.386. The lowest BCUT2D eigenvalue weighted by molar-refractivity contribution is -0.138. The summed E-state index contributed by atoms with van der Waals surface area (Å²) in [4.78, 5) is 19.9. The summed E-state index contributed by atoms with van der Waals surface area (Å²) in [5, 5.41) is 6.95. The second kappa shape index (κ2) is 3.29. The summed E-state index contributed by atoms with van der Waals surface area (Å²) in [5.41, 5.74) is 4.65. The van der Waals surface area contributed by atoms with Crippen LogP contribution in [0.25, 0.3) is 0 Å². The van der Waals surface area contributed by atoms with Crippen LogP contribution in [0.1, 0.15) is 6.42 Å². The summed E-state index contributed by atoms with van der Waals surface area (Å²) in [6.45, 7) is 0. The Morgan fingerprint density at radius 2 is 2.11 bits per heavy atom. The number of carboxylic acids is 1. The van der Waals surface area contributed by atoms with Gasteiger partial charge in [-0.25, -0.2) is 0 Å². The first-order valence-electron chi connectivity index (χ1n) is 2.19. The molecule has 0 saturated carbocycles. The fraction of sp³-hybridized carbons (Fsp3) is 0.500. The monoisotopic (exact) mass is 151 g/mol. The lowest BCUT2D eigenvalue weighted by Gasteiger charge is -1.97. The first-order valence-corrected chi connectivity index (χ1v) is 2.63. The van der Waals surface area contributed by atoms with E-state index >= 15 is 0 Å². The topological polar surface area (TPSA) is 80.4 Å². The molecule has 0 aromatic heterocycles. The van der Waals surface area contributed by atoms with Crippen LogP contribution in [0.3, 0.4) is 0 Å². The van der Waals surface area contributed by atoms with Gasteiger partial charge in [-0.05, 0) is 0 Å². The van der Waals surface area contributed by atoms with E-state index in [1.807, 2.05) is 0 Å². The molecule has 1 amide bonds. The van der Waals surface area contributed by atoms with Gasteiger partial charge in [-0.1, -0.05) is 0 Å². The van der Waals surface area contributed by atoms with Crippen molar-refractivity contribution < 1.29 is 14.7 Å². The maximum atomic E-state index is 10.1. The van der Waals surface area contributed by atoms with Gasteiger partial charge in [-0.15, -0.1) is 11.6 Å². The predicted molar refractivity (Wildman–Crippen MR) is 31.1 cm³/mol. The molecule has 0 aliphatic heterocycles. The van der Waals surface area contributed by atoms with Crippen LogP contribution in [0.5, 0.6) is 0 Å². The van der Waals surface area contributed by atoms with E-state index in [1.54, 1.807) is 0 Å². The average Bonchev–Trinajstić information content (AvgIpc) is 1.63. The van der Waals surface area contributed by atoms with Crippen LogP contribution >= 0.6 is 11.6 Å². The van der Waals surface area contributed by atoms with Crippen molar-refractivity contribution in [2.24, 2.45) is 5.73 Å². The van der Waals surface area contributed by atoms with Gasteiger partial charge in [-0.2, -0.15) is 0 Å². The Bertz CT molecular complexity index is 136. The smallest absolute Gasteiger partial charge is 0.305 e. The van der Waals surface area contributed by atoms with E-state index in [-0.39, 0.29) is 0 Å². The van der Waals surface area contributed by atoms with Crippen molar-refractivity contribution in [1.29, 1.82) is 0 Å². The summed E-state index contributed by atoms with van der Waals surface area (Å²) in [7, 11) is 0. The Labute approximate surface area is 56.6 Å². The first kappa shape index (κ1) is 8.23. The van der Waals surface area contributed by atoms with Crippen LogP contribution in [-0.2, 0) is 9.59 Å². The molecule has 0 aromatic carbocycles. The molecule has 3 N–H and O–H groups in total. The zero-order valence-electron chi connectivity index (χ0n) is 4.50. The summed E-state index contributed by atoms with van der Waals surface area (Å²) in [5.74, 6) is -1.94. The Morgan fingerprint density at radius 3 is 2.22 bits per heavy atom. The third kappa shape index (κ3) is 3.78. The summed E-state index contributed by atoms with van der Waals surface area (Å²) in [6.07, 6.45) is -0.420. The minimum Gasteiger partial charge on any atom is -0.481 e. The van der Waals surface area contributed by atoms with Crippen molar-refractivity contribution >= 4 is 23.5 Å². The maximum Gasteiger partial charge on any atom is 0.305 e. The predicted octanol–water partition coefficient (Wildman–Crippen LogP) is -0.446. The maximum absolute atomic E-state index is 10.1. The third-order valence-corrected chi connectivity index (χ3v) is 1.03. The van der Waals surface area contributed by atoms with Gasteiger partial charge in [-0.3, -0.25) is 9.59 Å². The van der Waals surface area contributed by atoms with E-state index in [0.717, 1.165) is 0 Å².